The van der Waals surface area contributed by atoms with Gasteiger partial charge in [0, 0.05) is 55.9 Å². The van der Waals surface area contributed by atoms with Gasteiger partial charge >= 0.3 is 0 Å². The maximum absolute atomic E-state index is 14.9. The highest BCUT2D eigenvalue weighted by Crippen LogP contribution is 2.50. The average molecular weight is 505 g/mol. The van der Waals surface area contributed by atoms with Gasteiger partial charge in [0.05, 0.1) is 5.69 Å². The topological polar surface area (TPSA) is 81.8 Å². The van der Waals surface area contributed by atoms with Gasteiger partial charge in [-0.2, -0.15) is 11.8 Å². The van der Waals surface area contributed by atoms with E-state index in [0.717, 1.165) is 36.4 Å². The Labute approximate surface area is 211 Å². The van der Waals surface area contributed by atoms with E-state index in [1.54, 1.807) is 24.0 Å². The van der Waals surface area contributed by atoms with E-state index in [1.807, 2.05) is 7.05 Å². The zero-order valence-corrected chi connectivity index (χ0v) is 21.5. The third-order valence-electron chi connectivity index (χ3n) is 7.40. The molecule has 3 amide bonds. The minimum Gasteiger partial charge on any atom is -0.344 e. The second-order valence-electron chi connectivity index (χ2n) is 10.1. The lowest BCUT2D eigenvalue weighted by atomic mass is 9.96. The second kappa shape index (κ2) is 11.7. The van der Waals surface area contributed by atoms with Crippen LogP contribution in [0, 0.1) is 11.7 Å². The summed E-state index contributed by atoms with van der Waals surface area (Å²) in [5.74, 6) is -0.659. The van der Waals surface area contributed by atoms with Crippen molar-refractivity contribution in [3.05, 3.63) is 29.6 Å². The van der Waals surface area contributed by atoms with Crippen LogP contribution < -0.4 is 10.6 Å². The normalized spacial score (nSPS) is 25.2. The van der Waals surface area contributed by atoms with Crippen molar-refractivity contribution in [1.82, 2.24) is 15.1 Å². The van der Waals surface area contributed by atoms with Gasteiger partial charge < -0.3 is 20.4 Å². The maximum atomic E-state index is 14.9. The Bertz CT molecular complexity index is 925. The van der Waals surface area contributed by atoms with Crippen LogP contribution in [0.1, 0.15) is 51.0 Å². The number of thioether (sulfide) groups is 1. The molecule has 1 aromatic carbocycles. The number of nitrogens with one attached hydrogen (secondary N) is 2. The number of hydrogen-bond donors (Lipinski definition) is 2. The first-order valence-corrected chi connectivity index (χ1v) is 13.8. The first-order chi connectivity index (χ1) is 16.8. The lowest BCUT2D eigenvalue weighted by molar-refractivity contribution is -0.137. The largest absolute Gasteiger partial charge is 0.344 e. The molecule has 3 unspecified atom stereocenters. The summed E-state index contributed by atoms with van der Waals surface area (Å²) >= 11 is 2.06. The Kier molecular flexibility index (Phi) is 8.70. The highest BCUT2D eigenvalue weighted by molar-refractivity contribution is 8.07. The summed E-state index contributed by atoms with van der Waals surface area (Å²) in [4.78, 5) is 41.7. The number of anilines is 1. The summed E-state index contributed by atoms with van der Waals surface area (Å²) in [6, 6.07) is 3.89. The predicted octanol–water partition coefficient (Wildman–Crippen LogP) is 3.04. The lowest BCUT2D eigenvalue weighted by Crippen LogP contribution is -2.54. The van der Waals surface area contributed by atoms with E-state index in [0.29, 0.717) is 31.0 Å². The van der Waals surface area contributed by atoms with Crippen molar-refractivity contribution in [2.24, 2.45) is 5.92 Å². The number of fused-ring (bicyclic) bond motifs is 1. The Balaban J connectivity index is 1.35. The maximum Gasteiger partial charge on any atom is 0.245 e. The van der Waals surface area contributed by atoms with Crippen molar-refractivity contribution in [3.8, 4) is 0 Å². The van der Waals surface area contributed by atoms with Crippen LogP contribution in [0.25, 0.3) is 0 Å². The van der Waals surface area contributed by atoms with Gasteiger partial charge in [-0.25, -0.2) is 4.39 Å². The van der Waals surface area contributed by atoms with E-state index < -0.39 is 11.9 Å². The highest BCUT2D eigenvalue weighted by atomic mass is 32.2. The third kappa shape index (κ3) is 7.19. The molecule has 3 aliphatic rings. The van der Waals surface area contributed by atoms with Crippen molar-refractivity contribution < 1.29 is 18.8 Å². The van der Waals surface area contributed by atoms with Gasteiger partial charge in [-0.1, -0.05) is 13.0 Å². The molecule has 2 saturated heterocycles. The first kappa shape index (κ1) is 25.9. The van der Waals surface area contributed by atoms with Crippen molar-refractivity contribution >= 4 is 35.2 Å². The number of nitrogens with zero attached hydrogens (tertiary/aromatic N) is 2. The molecule has 0 spiro atoms. The molecule has 2 N–H and O–H groups in total. The van der Waals surface area contributed by atoms with Crippen molar-refractivity contribution in [3.63, 3.8) is 0 Å². The number of halogens is 1. The van der Waals surface area contributed by atoms with E-state index in [1.165, 1.54) is 18.9 Å². The van der Waals surface area contributed by atoms with Gasteiger partial charge in [-0.15, -0.1) is 0 Å². The van der Waals surface area contributed by atoms with E-state index in [9.17, 15) is 18.8 Å². The fraction of sp³-hybridized carbons (Fsp3) is 0.654. The summed E-state index contributed by atoms with van der Waals surface area (Å²) < 4.78 is 14.9. The van der Waals surface area contributed by atoms with Crippen LogP contribution in [0.15, 0.2) is 18.2 Å². The molecule has 0 radical (unpaired) electrons. The van der Waals surface area contributed by atoms with Gasteiger partial charge in [0.25, 0.3) is 0 Å². The number of rotatable bonds is 8. The van der Waals surface area contributed by atoms with Crippen LogP contribution in [0.5, 0.6) is 0 Å². The Morgan fingerprint density at radius 3 is 2.37 bits per heavy atom. The third-order valence-corrected chi connectivity index (χ3v) is 8.91. The molecule has 0 aromatic heterocycles. The Hall–Kier alpha value is -2.13. The zero-order chi connectivity index (χ0) is 24.9. The van der Waals surface area contributed by atoms with E-state index in [2.05, 4.69) is 27.3 Å². The molecule has 7 nitrogen and oxygen atoms in total. The summed E-state index contributed by atoms with van der Waals surface area (Å²) in [6.07, 6.45) is 5.38. The molecule has 2 aliphatic heterocycles. The highest BCUT2D eigenvalue weighted by Gasteiger charge is 2.40. The lowest BCUT2D eigenvalue weighted by Gasteiger charge is -2.34. The fourth-order valence-corrected chi connectivity index (χ4v) is 6.24. The molecular formula is C26H37FN4O3S. The molecule has 35 heavy (non-hydrogen) atoms. The second-order valence-corrected chi connectivity index (χ2v) is 11.6. The van der Waals surface area contributed by atoms with Gasteiger partial charge in [0.15, 0.2) is 0 Å². The molecule has 9 heteroatoms. The van der Waals surface area contributed by atoms with Crippen LogP contribution in [0.2, 0.25) is 0 Å². The minimum absolute atomic E-state index is 0.142. The summed E-state index contributed by atoms with van der Waals surface area (Å²) in [6.45, 7) is 4.51. The number of hydrogen-bond acceptors (Lipinski definition) is 5. The van der Waals surface area contributed by atoms with Crippen LogP contribution in [-0.2, 0) is 20.8 Å². The van der Waals surface area contributed by atoms with Crippen molar-refractivity contribution in [1.29, 1.82) is 0 Å². The smallest absolute Gasteiger partial charge is 0.245 e. The number of likely N-dealkylation sites (N-methyl/N-ethyl adjacent to an activating group) is 1. The number of benzene rings is 1. The average Bonchev–Trinajstić information content (AvgIpc) is 3.62. The summed E-state index contributed by atoms with van der Waals surface area (Å²) in [7, 11) is 2.01. The van der Waals surface area contributed by atoms with Crippen LogP contribution >= 0.6 is 11.8 Å². The number of amides is 3. The Morgan fingerprint density at radius 2 is 1.74 bits per heavy atom. The molecule has 3 fully saturated rings. The fourth-order valence-electron chi connectivity index (χ4n) is 5.07. The van der Waals surface area contributed by atoms with Gasteiger partial charge in [0.1, 0.15) is 11.9 Å². The molecule has 1 aromatic rings. The van der Waals surface area contributed by atoms with Gasteiger partial charge in [0.2, 0.25) is 17.7 Å². The standard InChI is InChI=1S/C26H37FN4O3S/c1-3-24(32)29-21(26(34)31-12-10-30(2)11-13-31)15-18-4-7-20(19(27)14-18)28-25(33)16-17-5-8-22-23(35-22)9-6-17/h4,7,14,17,21-23H,3,5-6,8-13,15-16H2,1-2H3,(H,28,33)(H,29,32). The first-order valence-electron chi connectivity index (χ1n) is 12.8. The molecule has 0 bridgehead atoms. The van der Waals surface area contributed by atoms with Gasteiger partial charge in [-0.05, 0) is 56.3 Å². The number of carbonyl (C=O) groups excluding carboxylic acids is 3. The molecule has 1 aliphatic carbocycles. The van der Waals surface area contributed by atoms with Crippen molar-refractivity contribution in [2.75, 3.05) is 38.5 Å². The quantitative estimate of drug-likeness (QED) is 0.532. The van der Waals surface area contributed by atoms with E-state index in [4.69, 9.17) is 0 Å². The van der Waals surface area contributed by atoms with Crippen LogP contribution in [-0.4, -0.2) is 77.3 Å². The summed E-state index contributed by atoms with van der Waals surface area (Å²) in [5, 5.41) is 7.13. The Morgan fingerprint density at radius 1 is 1.06 bits per heavy atom. The molecule has 3 atom stereocenters. The summed E-state index contributed by atoms with van der Waals surface area (Å²) in [5.41, 5.74) is 0.759. The molecule has 1 saturated carbocycles. The minimum atomic E-state index is -0.745. The molecule has 4 rings (SSSR count). The van der Waals surface area contributed by atoms with Crippen LogP contribution in [0.3, 0.4) is 0 Å². The van der Waals surface area contributed by atoms with E-state index >= 15 is 0 Å². The monoisotopic (exact) mass is 504 g/mol. The number of carbonyl (C=O) groups is 3. The molecular weight excluding hydrogens is 467 g/mol. The van der Waals surface area contributed by atoms with Crippen molar-refractivity contribution in [2.45, 2.75) is 68.4 Å². The zero-order valence-electron chi connectivity index (χ0n) is 20.7. The number of piperazine rings is 1. The molecule has 192 valence electrons. The SMILES string of the molecule is CCC(=O)NC(Cc1ccc(NC(=O)CC2CCC3SC3CC2)c(F)c1)C(=O)N1CCN(C)CC1. The molecule has 2 heterocycles. The predicted molar refractivity (Wildman–Crippen MR) is 137 cm³/mol. The van der Waals surface area contributed by atoms with Gasteiger partial charge in [-0.3, -0.25) is 14.4 Å². The van der Waals surface area contributed by atoms with E-state index in [-0.39, 0.29) is 36.3 Å². The van der Waals surface area contributed by atoms with Crippen LogP contribution in [0.4, 0.5) is 10.1 Å².